The van der Waals surface area contributed by atoms with Crippen LogP contribution in [-0.2, 0) is 10.2 Å². The maximum Gasteiger partial charge on any atom is 0.253 e. The third kappa shape index (κ3) is 2.37. The summed E-state index contributed by atoms with van der Waals surface area (Å²) in [6.07, 6.45) is 0. The van der Waals surface area contributed by atoms with Gasteiger partial charge in [-0.05, 0) is 16.5 Å². The fourth-order valence-corrected chi connectivity index (χ4v) is 1.96. The van der Waals surface area contributed by atoms with E-state index >= 15 is 0 Å². The molecule has 18 heavy (non-hydrogen) atoms. The first-order chi connectivity index (χ1) is 8.41. The second-order valence-corrected chi connectivity index (χ2v) is 5.51. The van der Waals surface area contributed by atoms with Crippen LogP contribution in [0.1, 0.15) is 37.9 Å². The van der Waals surface area contributed by atoms with Crippen molar-refractivity contribution in [2.24, 2.45) is 4.99 Å². The van der Waals surface area contributed by atoms with Gasteiger partial charge in [0.25, 0.3) is 5.91 Å². The number of hydrogen-bond acceptors (Lipinski definition) is 2. The van der Waals surface area contributed by atoms with Gasteiger partial charge in [-0.2, -0.15) is 0 Å². The molecule has 96 valence electrons. The maximum atomic E-state index is 11.8. The molecule has 0 radical (unpaired) electrons. The zero-order valence-corrected chi connectivity index (χ0v) is 11.2. The molecule has 1 fully saturated rings. The largest absolute Gasteiger partial charge is 0.340 e. The van der Waals surface area contributed by atoms with Gasteiger partial charge in [0.15, 0.2) is 5.96 Å². The lowest BCUT2D eigenvalue weighted by atomic mass is 9.86. The van der Waals surface area contributed by atoms with E-state index in [1.165, 1.54) is 5.56 Å². The molecule has 0 aromatic heterocycles. The zero-order valence-electron chi connectivity index (χ0n) is 11.2. The molecule has 1 aromatic carbocycles. The van der Waals surface area contributed by atoms with Crippen LogP contribution in [0.25, 0.3) is 0 Å². The fraction of sp³-hybridized carbons (Fsp3) is 0.429. The predicted molar refractivity (Wildman–Crippen MR) is 72.5 cm³/mol. The highest BCUT2D eigenvalue weighted by Crippen LogP contribution is 2.24. The Hall–Kier alpha value is -1.84. The van der Waals surface area contributed by atoms with Gasteiger partial charge in [0, 0.05) is 7.05 Å². The van der Waals surface area contributed by atoms with Crippen molar-refractivity contribution in [3.05, 3.63) is 35.4 Å². The van der Waals surface area contributed by atoms with E-state index in [1.807, 2.05) is 12.1 Å². The average Bonchev–Trinajstić information content (AvgIpc) is 2.70. The van der Waals surface area contributed by atoms with Gasteiger partial charge >= 0.3 is 0 Å². The molecular weight excluding hydrogens is 226 g/mol. The number of aliphatic imine (C=N–C) groups is 1. The standard InChI is InChI=1S/C14H19N3O/c1-14(2,3)10-7-5-9(6-8-10)11-12(18)17-13(15-4)16-11/h5-8,11H,1-4H3,(H2,15,16,17,18). The predicted octanol–water partition coefficient (Wildman–Crippen LogP) is 1.73. The topological polar surface area (TPSA) is 53.5 Å². The molecule has 1 unspecified atom stereocenters. The average molecular weight is 245 g/mol. The van der Waals surface area contributed by atoms with Gasteiger partial charge in [0.05, 0.1) is 0 Å². The fourth-order valence-electron chi connectivity index (χ4n) is 1.96. The molecule has 2 rings (SSSR count). The SMILES string of the molecule is CN=C1NC(=O)C(c2ccc(C(C)(C)C)cc2)N1. The molecule has 4 nitrogen and oxygen atoms in total. The number of rotatable bonds is 1. The minimum absolute atomic E-state index is 0.0564. The van der Waals surface area contributed by atoms with E-state index in [0.717, 1.165) is 5.56 Å². The lowest BCUT2D eigenvalue weighted by molar-refractivity contribution is -0.120. The van der Waals surface area contributed by atoms with E-state index < -0.39 is 0 Å². The summed E-state index contributed by atoms with van der Waals surface area (Å²) in [5.41, 5.74) is 2.34. The molecule has 4 heteroatoms. The van der Waals surface area contributed by atoms with Gasteiger partial charge in [-0.3, -0.25) is 15.1 Å². The number of benzene rings is 1. The Labute approximate surface area is 108 Å². The van der Waals surface area contributed by atoms with Gasteiger partial charge in [0.2, 0.25) is 0 Å². The van der Waals surface area contributed by atoms with Crippen LogP contribution in [0.5, 0.6) is 0 Å². The Balaban J connectivity index is 2.23. The molecule has 1 atom stereocenters. The number of nitrogens with one attached hydrogen (secondary N) is 2. The summed E-state index contributed by atoms with van der Waals surface area (Å²) < 4.78 is 0. The summed E-state index contributed by atoms with van der Waals surface area (Å²) >= 11 is 0. The Bertz CT molecular complexity index is 483. The van der Waals surface area contributed by atoms with Crippen LogP contribution < -0.4 is 10.6 Å². The third-order valence-electron chi connectivity index (χ3n) is 3.12. The molecule has 1 saturated heterocycles. The molecule has 0 saturated carbocycles. The van der Waals surface area contributed by atoms with Gasteiger partial charge in [-0.1, -0.05) is 45.0 Å². The van der Waals surface area contributed by atoms with Gasteiger partial charge in [0.1, 0.15) is 6.04 Å². The molecule has 2 N–H and O–H groups in total. The summed E-state index contributed by atoms with van der Waals surface area (Å²) in [6, 6.07) is 7.81. The maximum absolute atomic E-state index is 11.8. The van der Waals surface area contributed by atoms with E-state index in [-0.39, 0.29) is 17.4 Å². The molecule has 1 amide bonds. The summed E-state index contributed by atoms with van der Waals surface area (Å²) in [5.74, 6) is 0.476. The zero-order chi connectivity index (χ0) is 13.3. The summed E-state index contributed by atoms with van der Waals surface area (Å²) in [7, 11) is 1.65. The highest BCUT2D eigenvalue weighted by Gasteiger charge is 2.29. The number of guanidine groups is 1. The molecule has 1 aliphatic heterocycles. The number of carbonyl (C=O) groups excluding carboxylic acids is 1. The summed E-state index contributed by atoms with van der Waals surface area (Å²) in [5, 5.41) is 5.75. The number of hydrogen-bond donors (Lipinski definition) is 2. The minimum atomic E-state index is -0.335. The van der Waals surface area contributed by atoms with Crippen molar-refractivity contribution in [1.29, 1.82) is 0 Å². The molecule has 0 aliphatic carbocycles. The highest BCUT2D eigenvalue weighted by atomic mass is 16.2. The number of carbonyl (C=O) groups is 1. The van der Waals surface area contributed by atoms with Crippen LogP contribution in [0.15, 0.2) is 29.3 Å². The van der Waals surface area contributed by atoms with Crippen molar-refractivity contribution >= 4 is 11.9 Å². The Morgan fingerprint density at radius 2 is 1.78 bits per heavy atom. The molecular formula is C14H19N3O. The molecule has 0 spiro atoms. The Morgan fingerprint density at radius 3 is 2.22 bits per heavy atom. The van der Waals surface area contributed by atoms with E-state index in [4.69, 9.17) is 0 Å². The quantitative estimate of drug-likeness (QED) is 0.791. The van der Waals surface area contributed by atoms with Crippen molar-refractivity contribution in [2.45, 2.75) is 32.2 Å². The van der Waals surface area contributed by atoms with Gasteiger partial charge in [-0.25, -0.2) is 0 Å². The van der Waals surface area contributed by atoms with Crippen molar-refractivity contribution in [2.75, 3.05) is 7.05 Å². The van der Waals surface area contributed by atoms with Crippen LogP contribution in [-0.4, -0.2) is 18.9 Å². The third-order valence-corrected chi connectivity index (χ3v) is 3.12. The van der Waals surface area contributed by atoms with Crippen molar-refractivity contribution in [3.8, 4) is 0 Å². The molecule has 1 aliphatic rings. The van der Waals surface area contributed by atoms with Crippen molar-refractivity contribution in [1.82, 2.24) is 10.6 Å². The van der Waals surface area contributed by atoms with Crippen LogP contribution in [0.3, 0.4) is 0 Å². The van der Waals surface area contributed by atoms with Gasteiger partial charge < -0.3 is 5.32 Å². The first-order valence-electron chi connectivity index (χ1n) is 6.06. The van der Waals surface area contributed by atoms with E-state index in [2.05, 4.69) is 48.5 Å². The monoisotopic (exact) mass is 245 g/mol. The second kappa shape index (κ2) is 4.44. The Kier molecular flexibility index (Phi) is 3.11. The second-order valence-electron chi connectivity index (χ2n) is 5.51. The summed E-state index contributed by atoms with van der Waals surface area (Å²) in [4.78, 5) is 15.7. The van der Waals surface area contributed by atoms with Crippen LogP contribution in [0, 0.1) is 0 Å². The van der Waals surface area contributed by atoms with Crippen LogP contribution in [0.4, 0.5) is 0 Å². The lowest BCUT2D eigenvalue weighted by Gasteiger charge is -2.19. The lowest BCUT2D eigenvalue weighted by Crippen LogP contribution is -2.24. The normalized spacial score (nSPS) is 21.9. The highest BCUT2D eigenvalue weighted by molar-refractivity contribution is 6.06. The van der Waals surface area contributed by atoms with E-state index in [9.17, 15) is 4.79 Å². The first-order valence-corrected chi connectivity index (χ1v) is 6.06. The van der Waals surface area contributed by atoms with Gasteiger partial charge in [-0.15, -0.1) is 0 Å². The summed E-state index contributed by atoms with van der Waals surface area (Å²) in [6.45, 7) is 6.51. The number of nitrogens with zero attached hydrogens (tertiary/aromatic N) is 1. The smallest absolute Gasteiger partial charge is 0.253 e. The Morgan fingerprint density at radius 1 is 1.17 bits per heavy atom. The van der Waals surface area contributed by atoms with Crippen LogP contribution in [0.2, 0.25) is 0 Å². The molecule has 1 aromatic rings. The molecule has 0 bridgehead atoms. The first kappa shape index (κ1) is 12.6. The molecule has 1 heterocycles. The minimum Gasteiger partial charge on any atom is -0.340 e. The van der Waals surface area contributed by atoms with Crippen molar-refractivity contribution in [3.63, 3.8) is 0 Å². The number of amides is 1. The van der Waals surface area contributed by atoms with E-state index in [1.54, 1.807) is 7.05 Å². The van der Waals surface area contributed by atoms with Crippen molar-refractivity contribution < 1.29 is 4.79 Å². The van der Waals surface area contributed by atoms with E-state index in [0.29, 0.717) is 5.96 Å². The van der Waals surface area contributed by atoms with Crippen LogP contribution >= 0.6 is 0 Å².